The van der Waals surface area contributed by atoms with E-state index in [0.29, 0.717) is 12.4 Å². The first-order valence-corrected chi connectivity index (χ1v) is 5.42. The van der Waals surface area contributed by atoms with Crippen LogP contribution in [0.3, 0.4) is 0 Å². The third-order valence-electron chi connectivity index (χ3n) is 2.58. The lowest BCUT2D eigenvalue weighted by molar-refractivity contribution is -0.127. The highest BCUT2D eigenvalue weighted by atomic mass is 35.5. The molecule has 0 spiro atoms. The van der Waals surface area contributed by atoms with Gasteiger partial charge in [-0.1, -0.05) is 20.3 Å². The molecule has 1 aliphatic carbocycles. The molecular weight excluding hydrogens is 186 g/mol. The zero-order valence-corrected chi connectivity index (χ0v) is 9.16. The van der Waals surface area contributed by atoms with Gasteiger partial charge in [-0.2, -0.15) is 0 Å². The molecule has 0 unspecified atom stereocenters. The standard InChI is InChI=1S/C10H18ClNO/c1-10(2,6-11)7-12-9(13)8-4-3-5-8/h8H,3-7H2,1-2H3,(H,12,13). The molecule has 1 rings (SSSR count). The van der Waals surface area contributed by atoms with Crippen molar-refractivity contribution < 1.29 is 4.79 Å². The van der Waals surface area contributed by atoms with Gasteiger partial charge in [0, 0.05) is 18.3 Å². The number of carbonyl (C=O) groups is 1. The predicted molar refractivity (Wildman–Crippen MR) is 54.9 cm³/mol. The quantitative estimate of drug-likeness (QED) is 0.698. The molecule has 1 saturated carbocycles. The third-order valence-corrected chi connectivity index (χ3v) is 3.30. The Bertz CT molecular complexity index is 187. The average Bonchev–Trinajstić information content (AvgIpc) is 1.98. The molecule has 0 bridgehead atoms. The first-order chi connectivity index (χ1) is 6.05. The molecule has 0 saturated heterocycles. The largest absolute Gasteiger partial charge is 0.355 e. The Kier molecular flexibility index (Phi) is 3.60. The fourth-order valence-electron chi connectivity index (χ4n) is 1.19. The molecule has 0 aromatic carbocycles. The lowest BCUT2D eigenvalue weighted by Gasteiger charge is -2.27. The van der Waals surface area contributed by atoms with Crippen LogP contribution in [-0.2, 0) is 4.79 Å². The van der Waals surface area contributed by atoms with E-state index in [1.165, 1.54) is 6.42 Å². The number of halogens is 1. The first kappa shape index (κ1) is 10.8. The van der Waals surface area contributed by atoms with Crippen LogP contribution in [0.25, 0.3) is 0 Å². The Morgan fingerprint density at radius 1 is 1.54 bits per heavy atom. The average molecular weight is 204 g/mol. The summed E-state index contributed by atoms with van der Waals surface area (Å²) in [4.78, 5) is 11.4. The zero-order valence-electron chi connectivity index (χ0n) is 8.40. The monoisotopic (exact) mass is 203 g/mol. The van der Waals surface area contributed by atoms with E-state index < -0.39 is 0 Å². The molecule has 13 heavy (non-hydrogen) atoms. The summed E-state index contributed by atoms with van der Waals surface area (Å²) < 4.78 is 0. The summed E-state index contributed by atoms with van der Waals surface area (Å²) >= 11 is 5.75. The van der Waals surface area contributed by atoms with Gasteiger partial charge in [-0.15, -0.1) is 11.6 Å². The molecule has 0 aliphatic heterocycles. The van der Waals surface area contributed by atoms with Crippen molar-refractivity contribution in [2.75, 3.05) is 12.4 Å². The molecular formula is C10H18ClNO. The maximum atomic E-state index is 11.4. The van der Waals surface area contributed by atoms with E-state index in [9.17, 15) is 4.79 Å². The molecule has 1 aliphatic rings. The smallest absolute Gasteiger partial charge is 0.223 e. The Hall–Kier alpha value is -0.240. The molecule has 1 N–H and O–H groups in total. The van der Waals surface area contributed by atoms with Crippen molar-refractivity contribution in [3.63, 3.8) is 0 Å². The number of hydrogen-bond donors (Lipinski definition) is 1. The van der Waals surface area contributed by atoms with Crippen LogP contribution < -0.4 is 5.32 Å². The second kappa shape index (κ2) is 4.32. The summed E-state index contributed by atoms with van der Waals surface area (Å²) in [7, 11) is 0. The SMILES string of the molecule is CC(C)(CCl)CNC(=O)C1CCC1. The Morgan fingerprint density at radius 3 is 2.54 bits per heavy atom. The van der Waals surface area contributed by atoms with Crippen molar-refractivity contribution in [2.45, 2.75) is 33.1 Å². The maximum absolute atomic E-state index is 11.4. The van der Waals surface area contributed by atoms with Crippen LogP contribution in [-0.4, -0.2) is 18.3 Å². The second-order valence-electron chi connectivity index (χ2n) is 4.64. The van der Waals surface area contributed by atoms with E-state index in [-0.39, 0.29) is 17.2 Å². The van der Waals surface area contributed by atoms with Crippen LogP contribution >= 0.6 is 11.6 Å². The van der Waals surface area contributed by atoms with Gasteiger partial charge in [0.1, 0.15) is 0 Å². The van der Waals surface area contributed by atoms with E-state index >= 15 is 0 Å². The van der Waals surface area contributed by atoms with E-state index in [2.05, 4.69) is 19.2 Å². The van der Waals surface area contributed by atoms with Gasteiger partial charge in [0.15, 0.2) is 0 Å². The fourth-order valence-corrected chi connectivity index (χ4v) is 1.28. The van der Waals surface area contributed by atoms with Crippen molar-refractivity contribution in [3.8, 4) is 0 Å². The van der Waals surface area contributed by atoms with Crippen LogP contribution in [0.1, 0.15) is 33.1 Å². The van der Waals surface area contributed by atoms with Gasteiger partial charge in [-0.05, 0) is 18.3 Å². The van der Waals surface area contributed by atoms with Gasteiger partial charge in [0.05, 0.1) is 0 Å². The number of nitrogens with one attached hydrogen (secondary N) is 1. The van der Waals surface area contributed by atoms with Crippen molar-refractivity contribution in [1.29, 1.82) is 0 Å². The molecule has 1 amide bonds. The number of carbonyl (C=O) groups excluding carboxylic acids is 1. The summed E-state index contributed by atoms with van der Waals surface area (Å²) in [5, 5.41) is 2.95. The normalized spacial score (nSPS) is 18.1. The third kappa shape index (κ3) is 3.18. The topological polar surface area (TPSA) is 29.1 Å². The summed E-state index contributed by atoms with van der Waals surface area (Å²) in [5.74, 6) is 1.08. The summed E-state index contributed by atoms with van der Waals surface area (Å²) in [6.45, 7) is 4.80. The first-order valence-electron chi connectivity index (χ1n) is 4.89. The Labute approximate surface area is 85.0 Å². The van der Waals surface area contributed by atoms with Gasteiger partial charge < -0.3 is 5.32 Å². The minimum Gasteiger partial charge on any atom is -0.355 e. The zero-order chi connectivity index (χ0) is 9.90. The molecule has 0 aromatic rings. The molecule has 0 radical (unpaired) electrons. The maximum Gasteiger partial charge on any atom is 0.223 e. The minimum atomic E-state index is 0.0148. The van der Waals surface area contributed by atoms with Crippen LogP contribution in [0.4, 0.5) is 0 Å². The van der Waals surface area contributed by atoms with Crippen molar-refractivity contribution in [2.24, 2.45) is 11.3 Å². The van der Waals surface area contributed by atoms with Gasteiger partial charge in [0.25, 0.3) is 0 Å². The van der Waals surface area contributed by atoms with Crippen molar-refractivity contribution in [1.82, 2.24) is 5.32 Å². The number of alkyl halides is 1. The van der Waals surface area contributed by atoms with Gasteiger partial charge in [-0.25, -0.2) is 0 Å². The Balaban J connectivity index is 2.21. The fraction of sp³-hybridized carbons (Fsp3) is 0.900. The highest BCUT2D eigenvalue weighted by Crippen LogP contribution is 2.26. The van der Waals surface area contributed by atoms with Crippen LogP contribution in [0.5, 0.6) is 0 Å². The molecule has 0 aromatic heterocycles. The van der Waals surface area contributed by atoms with E-state index in [0.717, 1.165) is 12.8 Å². The lowest BCUT2D eigenvalue weighted by Crippen LogP contribution is -2.40. The van der Waals surface area contributed by atoms with Crippen LogP contribution in [0.15, 0.2) is 0 Å². The van der Waals surface area contributed by atoms with Crippen molar-refractivity contribution >= 4 is 17.5 Å². The molecule has 0 heterocycles. The van der Waals surface area contributed by atoms with Gasteiger partial charge in [-0.3, -0.25) is 4.79 Å². The number of amides is 1. The van der Waals surface area contributed by atoms with E-state index in [1.54, 1.807) is 0 Å². The number of hydrogen-bond acceptors (Lipinski definition) is 1. The second-order valence-corrected chi connectivity index (χ2v) is 4.91. The molecule has 1 fully saturated rings. The van der Waals surface area contributed by atoms with E-state index in [4.69, 9.17) is 11.6 Å². The minimum absolute atomic E-state index is 0.0148. The molecule has 3 heteroatoms. The van der Waals surface area contributed by atoms with Crippen LogP contribution in [0, 0.1) is 11.3 Å². The summed E-state index contributed by atoms with van der Waals surface area (Å²) in [5.41, 5.74) is 0.0148. The number of rotatable bonds is 4. The molecule has 0 atom stereocenters. The van der Waals surface area contributed by atoms with Crippen LogP contribution in [0.2, 0.25) is 0 Å². The highest BCUT2D eigenvalue weighted by Gasteiger charge is 2.26. The van der Waals surface area contributed by atoms with Crippen molar-refractivity contribution in [3.05, 3.63) is 0 Å². The lowest BCUT2D eigenvalue weighted by atomic mass is 9.84. The molecule has 76 valence electrons. The predicted octanol–water partition coefficient (Wildman–Crippen LogP) is 2.17. The Morgan fingerprint density at radius 2 is 2.15 bits per heavy atom. The highest BCUT2D eigenvalue weighted by molar-refractivity contribution is 6.18. The van der Waals surface area contributed by atoms with Gasteiger partial charge >= 0.3 is 0 Å². The molecule has 2 nitrogen and oxygen atoms in total. The summed E-state index contributed by atoms with van der Waals surface area (Å²) in [6, 6.07) is 0. The van der Waals surface area contributed by atoms with E-state index in [1.807, 2.05) is 0 Å². The summed E-state index contributed by atoms with van der Waals surface area (Å²) in [6.07, 6.45) is 3.33. The van der Waals surface area contributed by atoms with Gasteiger partial charge in [0.2, 0.25) is 5.91 Å².